The summed E-state index contributed by atoms with van der Waals surface area (Å²) in [5, 5.41) is 3.25. The molecule has 4 nitrogen and oxygen atoms in total. The van der Waals surface area contributed by atoms with Crippen molar-refractivity contribution >= 4 is 11.3 Å². The quantitative estimate of drug-likeness (QED) is 0.817. The fourth-order valence-corrected chi connectivity index (χ4v) is 3.28. The maximum Gasteiger partial charge on any atom is 0.0897 e. The van der Waals surface area contributed by atoms with E-state index in [4.69, 9.17) is 10.5 Å². The molecule has 0 aromatic carbocycles. The van der Waals surface area contributed by atoms with Crippen LogP contribution in [0.3, 0.4) is 0 Å². The minimum absolute atomic E-state index is 0.0216. The van der Waals surface area contributed by atoms with E-state index in [0.717, 1.165) is 17.2 Å². The molecule has 0 spiro atoms. The van der Waals surface area contributed by atoms with E-state index in [2.05, 4.69) is 22.3 Å². The molecule has 102 valence electrons. The molecule has 1 aromatic rings. The van der Waals surface area contributed by atoms with Crippen molar-refractivity contribution in [3.8, 4) is 0 Å². The van der Waals surface area contributed by atoms with E-state index in [1.165, 1.54) is 12.8 Å². The summed E-state index contributed by atoms with van der Waals surface area (Å²) >= 11 is 1.70. The Balaban J connectivity index is 2.09. The van der Waals surface area contributed by atoms with Gasteiger partial charge in [-0.05, 0) is 32.7 Å². The molecule has 0 saturated heterocycles. The fourth-order valence-electron chi connectivity index (χ4n) is 2.67. The van der Waals surface area contributed by atoms with Crippen LogP contribution < -0.4 is 5.73 Å². The van der Waals surface area contributed by atoms with E-state index >= 15 is 0 Å². The monoisotopic (exact) mass is 269 g/mol. The number of methoxy groups -OCH3 is 1. The normalized spacial score (nSPS) is 19.2. The molecule has 18 heavy (non-hydrogen) atoms. The van der Waals surface area contributed by atoms with Crippen molar-refractivity contribution in [2.24, 2.45) is 11.7 Å². The first-order valence-corrected chi connectivity index (χ1v) is 7.31. The van der Waals surface area contributed by atoms with Gasteiger partial charge in [0.25, 0.3) is 0 Å². The lowest BCUT2D eigenvalue weighted by Gasteiger charge is -2.41. The molecule has 1 fully saturated rings. The predicted molar refractivity (Wildman–Crippen MR) is 74.7 cm³/mol. The smallest absolute Gasteiger partial charge is 0.0897 e. The number of nitrogens with two attached hydrogens (primary N) is 1. The first kappa shape index (κ1) is 13.9. The standard InChI is InChI=1S/C13H23N3OS/c1-10-15-12(7-18-10)6-16(2)13(8-14,9-17-3)11-4-5-11/h7,11H,4-6,8-9,14H2,1-3H3. The molecule has 1 aromatic heterocycles. The van der Waals surface area contributed by atoms with Gasteiger partial charge in [-0.15, -0.1) is 11.3 Å². The van der Waals surface area contributed by atoms with Gasteiger partial charge >= 0.3 is 0 Å². The van der Waals surface area contributed by atoms with Crippen molar-refractivity contribution in [3.05, 3.63) is 16.1 Å². The molecule has 1 unspecified atom stereocenters. The highest BCUT2D eigenvalue weighted by atomic mass is 32.1. The van der Waals surface area contributed by atoms with Crippen LogP contribution in [0.5, 0.6) is 0 Å². The number of aromatic nitrogens is 1. The van der Waals surface area contributed by atoms with Crippen LogP contribution in [-0.2, 0) is 11.3 Å². The van der Waals surface area contributed by atoms with Crippen LogP contribution >= 0.6 is 11.3 Å². The van der Waals surface area contributed by atoms with Crippen LogP contribution in [0.1, 0.15) is 23.5 Å². The topological polar surface area (TPSA) is 51.4 Å². The second kappa shape index (κ2) is 5.65. The van der Waals surface area contributed by atoms with Crippen LogP contribution in [0, 0.1) is 12.8 Å². The summed E-state index contributed by atoms with van der Waals surface area (Å²) in [6, 6.07) is 0. The van der Waals surface area contributed by atoms with Crippen molar-refractivity contribution < 1.29 is 4.74 Å². The van der Waals surface area contributed by atoms with Crippen molar-refractivity contribution in [1.82, 2.24) is 9.88 Å². The average Bonchev–Trinajstić information content (AvgIpc) is 3.11. The lowest BCUT2D eigenvalue weighted by Crippen LogP contribution is -2.56. The second-order valence-corrected chi connectivity index (χ2v) is 6.29. The molecule has 0 amide bonds. The molecule has 1 saturated carbocycles. The second-order valence-electron chi connectivity index (χ2n) is 5.23. The molecular weight excluding hydrogens is 246 g/mol. The molecule has 2 N–H and O–H groups in total. The minimum atomic E-state index is -0.0216. The number of rotatable bonds is 7. The van der Waals surface area contributed by atoms with Gasteiger partial charge in [-0.2, -0.15) is 0 Å². The molecule has 2 rings (SSSR count). The summed E-state index contributed by atoms with van der Waals surface area (Å²) < 4.78 is 5.42. The number of hydrogen-bond donors (Lipinski definition) is 1. The molecule has 0 bridgehead atoms. The van der Waals surface area contributed by atoms with Crippen LogP contribution in [0.25, 0.3) is 0 Å². The van der Waals surface area contributed by atoms with Crippen LogP contribution in [0.15, 0.2) is 5.38 Å². The van der Waals surface area contributed by atoms with E-state index in [1.54, 1.807) is 18.4 Å². The third-order valence-electron chi connectivity index (χ3n) is 3.91. The van der Waals surface area contributed by atoms with Gasteiger partial charge in [0.05, 0.1) is 22.8 Å². The number of thiazole rings is 1. The summed E-state index contributed by atoms with van der Waals surface area (Å²) in [7, 11) is 3.90. The van der Waals surface area contributed by atoms with Gasteiger partial charge in [0.1, 0.15) is 0 Å². The zero-order valence-corrected chi connectivity index (χ0v) is 12.3. The average molecular weight is 269 g/mol. The molecular formula is C13H23N3OS. The van der Waals surface area contributed by atoms with Gasteiger partial charge in [0.15, 0.2) is 0 Å². The maximum atomic E-state index is 6.06. The Morgan fingerprint density at radius 1 is 1.61 bits per heavy atom. The van der Waals surface area contributed by atoms with Gasteiger partial charge in [0, 0.05) is 25.6 Å². The summed E-state index contributed by atoms with van der Waals surface area (Å²) in [5.74, 6) is 0.673. The van der Waals surface area contributed by atoms with Crippen molar-refractivity contribution in [2.45, 2.75) is 31.8 Å². The third kappa shape index (κ3) is 2.74. The van der Waals surface area contributed by atoms with Crippen molar-refractivity contribution in [1.29, 1.82) is 0 Å². The number of nitrogens with zero attached hydrogens (tertiary/aromatic N) is 2. The predicted octanol–water partition coefficient (Wildman–Crippen LogP) is 1.64. The van der Waals surface area contributed by atoms with Crippen molar-refractivity contribution in [2.75, 3.05) is 27.3 Å². The number of aryl methyl sites for hydroxylation is 1. The van der Waals surface area contributed by atoms with E-state index in [-0.39, 0.29) is 5.54 Å². The van der Waals surface area contributed by atoms with E-state index in [0.29, 0.717) is 19.1 Å². The molecule has 1 heterocycles. The summed E-state index contributed by atoms with van der Waals surface area (Å²) in [4.78, 5) is 6.87. The molecule has 0 aliphatic heterocycles. The van der Waals surface area contributed by atoms with Gasteiger partial charge in [-0.1, -0.05) is 0 Å². The van der Waals surface area contributed by atoms with Gasteiger partial charge in [0.2, 0.25) is 0 Å². The molecule has 1 aliphatic rings. The Morgan fingerprint density at radius 2 is 2.33 bits per heavy atom. The van der Waals surface area contributed by atoms with Crippen LogP contribution in [0.2, 0.25) is 0 Å². The lowest BCUT2D eigenvalue weighted by molar-refractivity contribution is 0.00987. The first-order chi connectivity index (χ1) is 8.62. The third-order valence-corrected chi connectivity index (χ3v) is 4.73. The molecule has 1 aliphatic carbocycles. The summed E-state index contributed by atoms with van der Waals surface area (Å²) in [5.41, 5.74) is 7.17. The maximum absolute atomic E-state index is 6.06. The first-order valence-electron chi connectivity index (χ1n) is 6.43. The Bertz CT molecular complexity index is 391. The molecule has 0 radical (unpaired) electrons. The zero-order chi connectivity index (χ0) is 13.2. The Kier molecular flexibility index (Phi) is 4.37. The van der Waals surface area contributed by atoms with Gasteiger partial charge in [-0.3, -0.25) is 4.90 Å². The minimum Gasteiger partial charge on any atom is -0.383 e. The number of hydrogen-bond acceptors (Lipinski definition) is 5. The van der Waals surface area contributed by atoms with Crippen LogP contribution in [-0.4, -0.2) is 42.7 Å². The van der Waals surface area contributed by atoms with Gasteiger partial charge < -0.3 is 10.5 Å². The van der Waals surface area contributed by atoms with E-state index < -0.39 is 0 Å². The highest BCUT2D eigenvalue weighted by Gasteiger charge is 2.47. The number of likely N-dealkylation sites (N-methyl/N-ethyl adjacent to an activating group) is 1. The number of ether oxygens (including phenoxy) is 1. The molecule has 5 heteroatoms. The fraction of sp³-hybridized carbons (Fsp3) is 0.769. The molecule has 1 atom stereocenters. The SMILES string of the molecule is COCC(CN)(C1CC1)N(C)Cc1csc(C)n1. The Labute approximate surface area is 113 Å². The highest BCUT2D eigenvalue weighted by Crippen LogP contribution is 2.43. The van der Waals surface area contributed by atoms with Crippen LogP contribution in [0.4, 0.5) is 0 Å². The zero-order valence-electron chi connectivity index (χ0n) is 11.5. The van der Waals surface area contributed by atoms with Gasteiger partial charge in [-0.25, -0.2) is 4.98 Å². The van der Waals surface area contributed by atoms with E-state index in [9.17, 15) is 0 Å². The lowest BCUT2D eigenvalue weighted by atomic mass is 9.92. The largest absolute Gasteiger partial charge is 0.383 e. The Morgan fingerprint density at radius 3 is 2.78 bits per heavy atom. The van der Waals surface area contributed by atoms with E-state index in [1.807, 2.05) is 6.92 Å². The van der Waals surface area contributed by atoms with Crippen molar-refractivity contribution in [3.63, 3.8) is 0 Å². The summed E-state index contributed by atoms with van der Waals surface area (Å²) in [6.07, 6.45) is 2.53. The highest BCUT2D eigenvalue weighted by molar-refractivity contribution is 7.09. The Hall–Kier alpha value is -0.490. The summed E-state index contributed by atoms with van der Waals surface area (Å²) in [6.45, 7) is 4.24.